The Morgan fingerprint density at radius 3 is 2.74 bits per heavy atom. The Kier molecular flexibility index (Phi) is 5.37. The van der Waals surface area contributed by atoms with Gasteiger partial charge in [0.05, 0.1) is 0 Å². The van der Waals surface area contributed by atoms with Crippen LogP contribution < -0.4 is 5.73 Å². The minimum absolute atomic E-state index is 0.633. The zero-order valence-corrected chi connectivity index (χ0v) is 12.3. The summed E-state index contributed by atoms with van der Waals surface area (Å²) in [5.41, 5.74) is 8.45. The van der Waals surface area contributed by atoms with E-state index in [1.807, 2.05) is 0 Å². The van der Waals surface area contributed by atoms with E-state index < -0.39 is 0 Å². The molecule has 106 valence electrons. The van der Waals surface area contributed by atoms with Crippen molar-refractivity contribution in [2.75, 3.05) is 26.7 Å². The maximum absolute atomic E-state index is 5.81. The molecule has 1 saturated heterocycles. The summed E-state index contributed by atoms with van der Waals surface area (Å²) in [5.74, 6) is 0. The SMILES string of the molecule is CCN1CCCC1CN(C)Cc1ccccc1CN. The summed E-state index contributed by atoms with van der Waals surface area (Å²) in [5, 5.41) is 0. The van der Waals surface area contributed by atoms with E-state index in [1.165, 1.54) is 37.1 Å². The van der Waals surface area contributed by atoms with Crippen LogP contribution in [0.4, 0.5) is 0 Å². The average molecular weight is 261 g/mol. The molecule has 1 aliphatic rings. The first-order chi connectivity index (χ1) is 9.24. The lowest BCUT2D eigenvalue weighted by atomic mass is 10.1. The third kappa shape index (κ3) is 3.78. The molecular weight excluding hydrogens is 234 g/mol. The van der Waals surface area contributed by atoms with Crippen LogP contribution in [0.25, 0.3) is 0 Å². The van der Waals surface area contributed by atoms with Gasteiger partial charge in [-0.25, -0.2) is 0 Å². The van der Waals surface area contributed by atoms with Crippen molar-refractivity contribution >= 4 is 0 Å². The van der Waals surface area contributed by atoms with Crippen LogP contribution in [0.3, 0.4) is 0 Å². The molecule has 1 unspecified atom stereocenters. The molecule has 0 radical (unpaired) electrons. The summed E-state index contributed by atoms with van der Waals surface area (Å²) in [7, 11) is 2.22. The van der Waals surface area contributed by atoms with Crippen LogP contribution in [0.5, 0.6) is 0 Å². The number of likely N-dealkylation sites (tertiary alicyclic amines) is 1. The summed E-state index contributed by atoms with van der Waals surface area (Å²) in [6.45, 7) is 7.51. The zero-order chi connectivity index (χ0) is 13.7. The van der Waals surface area contributed by atoms with E-state index >= 15 is 0 Å². The maximum atomic E-state index is 5.81. The van der Waals surface area contributed by atoms with Gasteiger partial charge in [0.15, 0.2) is 0 Å². The van der Waals surface area contributed by atoms with Crippen molar-refractivity contribution in [3.63, 3.8) is 0 Å². The average Bonchev–Trinajstić information content (AvgIpc) is 2.86. The molecule has 3 heteroatoms. The Morgan fingerprint density at radius 2 is 2.05 bits per heavy atom. The van der Waals surface area contributed by atoms with Crippen molar-refractivity contribution in [3.05, 3.63) is 35.4 Å². The molecule has 1 aromatic rings. The minimum Gasteiger partial charge on any atom is -0.326 e. The maximum Gasteiger partial charge on any atom is 0.0234 e. The summed E-state index contributed by atoms with van der Waals surface area (Å²) in [6, 6.07) is 9.25. The highest BCUT2D eigenvalue weighted by molar-refractivity contribution is 5.26. The number of benzene rings is 1. The number of likely N-dealkylation sites (N-methyl/N-ethyl adjacent to an activating group) is 2. The van der Waals surface area contributed by atoms with Crippen LogP contribution in [-0.4, -0.2) is 42.5 Å². The smallest absolute Gasteiger partial charge is 0.0234 e. The van der Waals surface area contributed by atoms with Crippen molar-refractivity contribution in [3.8, 4) is 0 Å². The van der Waals surface area contributed by atoms with Gasteiger partial charge in [-0.05, 0) is 44.1 Å². The Morgan fingerprint density at radius 1 is 1.32 bits per heavy atom. The van der Waals surface area contributed by atoms with Gasteiger partial charge in [-0.1, -0.05) is 31.2 Å². The lowest BCUT2D eigenvalue weighted by Crippen LogP contribution is -2.38. The number of rotatable bonds is 6. The molecule has 2 rings (SSSR count). The molecule has 0 spiro atoms. The van der Waals surface area contributed by atoms with Crippen LogP contribution in [-0.2, 0) is 13.1 Å². The minimum atomic E-state index is 0.633. The molecule has 1 aliphatic heterocycles. The van der Waals surface area contributed by atoms with Crippen LogP contribution in [0.1, 0.15) is 30.9 Å². The Labute approximate surface area is 117 Å². The summed E-state index contributed by atoms with van der Waals surface area (Å²) >= 11 is 0. The third-order valence-corrected chi connectivity index (χ3v) is 4.21. The van der Waals surface area contributed by atoms with E-state index in [0.29, 0.717) is 6.54 Å². The molecule has 0 saturated carbocycles. The van der Waals surface area contributed by atoms with Crippen molar-refractivity contribution < 1.29 is 0 Å². The highest BCUT2D eigenvalue weighted by Crippen LogP contribution is 2.18. The van der Waals surface area contributed by atoms with Crippen LogP contribution in [0.15, 0.2) is 24.3 Å². The third-order valence-electron chi connectivity index (χ3n) is 4.21. The highest BCUT2D eigenvalue weighted by atomic mass is 15.2. The molecular formula is C16H27N3. The van der Waals surface area contributed by atoms with Gasteiger partial charge < -0.3 is 10.6 Å². The second kappa shape index (κ2) is 7.04. The fraction of sp³-hybridized carbons (Fsp3) is 0.625. The van der Waals surface area contributed by atoms with Crippen molar-refractivity contribution in [1.29, 1.82) is 0 Å². The molecule has 0 aliphatic carbocycles. The summed E-state index contributed by atoms with van der Waals surface area (Å²) < 4.78 is 0. The monoisotopic (exact) mass is 261 g/mol. The molecule has 0 amide bonds. The molecule has 0 bridgehead atoms. The predicted octanol–water partition coefficient (Wildman–Crippen LogP) is 2.06. The van der Waals surface area contributed by atoms with Gasteiger partial charge in [0.25, 0.3) is 0 Å². The standard InChI is InChI=1S/C16H27N3/c1-3-19-10-6-9-16(19)13-18(2)12-15-8-5-4-7-14(15)11-17/h4-5,7-8,16H,3,6,9-13,17H2,1-2H3. The van der Waals surface area contributed by atoms with E-state index in [0.717, 1.165) is 19.1 Å². The second-order valence-corrected chi connectivity index (χ2v) is 5.59. The number of hydrogen-bond donors (Lipinski definition) is 1. The molecule has 1 atom stereocenters. The Hall–Kier alpha value is -0.900. The molecule has 1 heterocycles. The van der Waals surface area contributed by atoms with Crippen molar-refractivity contribution in [2.45, 2.75) is 38.9 Å². The first-order valence-electron chi connectivity index (χ1n) is 7.44. The number of nitrogens with two attached hydrogens (primary N) is 1. The van der Waals surface area contributed by atoms with E-state index in [9.17, 15) is 0 Å². The van der Waals surface area contributed by atoms with Gasteiger partial charge in [-0.15, -0.1) is 0 Å². The molecule has 1 fully saturated rings. The van der Waals surface area contributed by atoms with Gasteiger partial charge in [0.1, 0.15) is 0 Å². The quantitative estimate of drug-likeness (QED) is 0.851. The fourth-order valence-electron chi connectivity index (χ4n) is 3.14. The Bertz CT molecular complexity index is 391. The fourth-order valence-corrected chi connectivity index (χ4v) is 3.14. The molecule has 0 aromatic heterocycles. The van der Waals surface area contributed by atoms with E-state index in [4.69, 9.17) is 5.73 Å². The highest BCUT2D eigenvalue weighted by Gasteiger charge is 2.23. The van der Waals surface area contributed by atoms with Gasteiger partial charge in [0, 0.05) is 25.7 Å². The molecule has 3 nitrogen and oxygen atoms in total. The normalized spacial score (nSPS) is 20.3. The van der Waals surface area contributed by atoms with Gasteiger partial charge in [-0.2, -0.15) is 0 Å². The summed E-state index contributed by atoms with van der Waals surface area (Å²) in [6.07, 6.45) is 2.70. The van der Waals surface area contributed by atoms with Crippen molar-refractivity contribution in [1.82, 2.24) is 9.80 Å². The first-order valence-corrected chi connectivity index (χ1v) is 7.44. The molecule has 1 aromatic carbocycles. The topological polar surface area (TPSA) is 32.5 Å². The van der Waals surface area contributed by atoms with Crippen LogP contribution >= 0.6 is 0 Å². The number of nitrogens with zero attached hydrogens (tertiary/aromatic N) is 2. The summed E-state index contributed by atoms with van der Waals surface area (Å²) in [4.78, 5) is 5.04. The number of hydrogen-bond acceptors (Lipinski definition) is 3. The lowest BCUT2D eigenvalue weighted by Gasteiger charge is -2.28. The predicted molar refractivity (Wildman–Crippen MR) is 80.9 cm³/mol. The molecule has 19 heavy (non-hydrogen) atoms. The van der Waals surface area contributed by atoms with Crippen LogP contribution in [0, 0.1) is 0 Å². The molecule has 2 N–H and O–H groups in total. The Balaban J connectivity index is 1.92. The zero-order valence-electron chi connectivity index (χ0n) is 12.3. The van der Waals surface area contributed by atoms with Gasteiger partial charge in [0.2, 0.25) is 0 Å². The van der Waals surface area contributed by atoms with Crippen molar-refractivity contribution in [2.24, 2.45) is 5.73 Å². The van der Waals surface area contributed by atoms with Gasteiger partial charge >= 0.3 is 0 Å². The van der Waals surface area contributed by atoms with E-state index in [-0.39, 0.29) is 0 Å². The first kappa shape index (κ1) is 14.5. The lowest BCUT2D eigenvalue weighted by molar-refractivity contribution is 0.194. The largest absolute Gasteiger partial charge is 0.326 e. The second-order valence-electron chi connectivity index (χ2n) is 5.59. The van der Waals surface area contributed by atoms with E-state index in [1.54, 1.807) is 0 Å². The van der Waals surface area contributed by atoms with Crippen LogP contribution in [0.2, 0.25) is 0 Å². The van der Waals surface area contributed by atoms with E-state index in [2.05, 4.69) is 48.0 Å². The van der Waals surface area contributed by atoms with Gasteiger partial charge in [-0.3, -0.25) is 4.90 Å².